The molecule has 1 saturated carbocycles. The van der Waals surface area contributed by atoms with E-state index < -0.39 is 0 Å². The zero-order valence-corrected chi connectivity index (χ0v) is 18.7. The van der Waals surface area contributed by atoms with Crippen LogP contribution in [0.15, 0.2) is 36.4 Å². The van der Waals surface area contributed by atoms with Crippen molar-refractivity contribution in [3.8, 4) is 11.5 Å². The lowest BCUT2D eigenvalue weighted by Crippen LogP contribution is -2.28. The topological polar surface area (TPSA) is 40.5 Å². The van der Waals surface area contributed by atoms with Crippen LogP contribution in [0.4, 0.5) is 0 Å². The highest BCUT2D eigenvalue weighted by molar-refractivity contribution is 5.49. The molecule has 1 aliphatic carbocycles. The van der Waals surface area contributed by atoms with Gasteiger partial charge in [-0.25, -0.2) is 0 Å². The van der Waals surface area contributed by atoms with Crippen molar-refractivity contribution in [1.82, 2.24) is 0 Å². The number of hydrogen-bond donors (Lipinski definition) is 2. The smallest absolute Gasteiger partial charge is 0.119 e. The Bertz CT molecular complexity index is 750. The average molecular weight is 395 g/mol. The molecule has 0 saturated heterocycles. The van der Waals surface area contributed by atoms with E-state index in [-0.39, 0.29) is 17.3 Å². The van der Waals surface area contributed by atoms with Crippen molar-refractivity contribution in [2.45, 2.75) is 96.3 Å². The molecule has 2 N–H and O–H groups in total. The molecule has 0 aliphatic heterocycles. The second kappa shape index (κ2) is 9.24. The third-order valence-electron chi connectivity index (χ3n) is 6.86. The predicted octanol–water partition coefficient (Wildman–Crippen LogP) is 7.77. The van der Waals surface area contributed by atoms with Crippen LogP contribution < -0.4 is 0 Å². The van der Waals surface area contributed by atoms with Crippen LogP contribution in [0.5, 0.6) is 11.5 Å². The van der Waals surface area contributed by atoms with Gasteiger partial charge in [0.25, 0.3) is 0 Å². The molecule has 0 aromatic heterocycles. The van der Waals surface area contributed by atoms with Crippen LogP contribution in [-0.4, -0.2) is 10.2 Å². The maximum atomic E-state index is 10.4. The molecule has 2 aromatic rings. The number of phenolic OH excluding ortho intramolecular Hbond substituents is 2. The first kappa shape index (κ1) is 21.7. The minimum Gasteiger partial charge on any atom is -0.508 e. The van der Waals surface area contributed by atoms with Gasteiger partial charge in [-0.1, -0.05) is 90.5 Å². The van der Waals surface area contributed by atoms with Crippen molar-refractivity contribution in [2.24, 2.45) is 0 Å². The van der Waals surface area contributed by atoms with Gasteiger partial charge in [0, 0.05) is 5.41 Å². The summed E-state index contributed by atoms with van der Waals surface area (Å²) in [6.07, 6.45) is 9.91. The Morgan fingerprint density at radius 1 is 0.621 bits per heavy atom. The van der Waals surface area contributed by atoms with Crippen LogP contribution in [0, 0.1) is 0 Å². The van der Waals surface area contributed by atoms with Crippen molar-refractivity contribution >= 4 is 0 Å². The first-order chi connectivity index (χ1) is 13.8. The number of benzene rings is 2. The van der Waals surface area contributed by atoms with E-state index in [0.29, 0.717) is 11.5 Å². The highest BCUT2D eigenvalue weighted by atomic mass is 16.3. The van der Waals surface area contributed by atoms with Gasteiger partial charge in [-0.2, -0.15) is 0 Å². The van der Waals surface area contributed by atoms with Crippen molar-refractivity contribution in [3.05, 3.63) is 58.7 Å². The Balaban J connectivity index is 2.19. The molecule has 0 amide bonds. The zero-order chi connectivity index (χ0) is 21.0. The maximum absolute atomic E-state index is 10.4. The summed E-state index contributed by atoms with van der Waals surface area (Å²) >= 11 is 0. The molecule has 1 fully saturated rings. The van der Waals surface area contributed by atoms with Crippen molar-refractivity contribution in [2.75, 3.05) is 0 Å². The third kappa shape index (κ3) is 4.63. The standard InChI is InChI=1S/C27H38O2/c1-19(2)23-17-21(11-13-25(23)28)27(15-9-7-5-6-8-10-16-27)22-12-14-26(29)24(18-22)20(3)4/h11-14,17-20,28-29H,5-10,15-16H2,1-4H3. The predicted molar refractivity (Wildman–Crippen MR) is 122 cm³/mol. The first-order valence-corrected chi connectivity index (χ1v) is 11.5. The highest BCUT2D eigenvalue weighted by Crippen LogP contribution is 2.46. The third-order valence-corrected chi connectivity index (χ3v) is 6.86. The Morgan fingerprint density at radius 3 is 1.38 bits per heavy atom. The molecule has 3 rings (SSSR count). The van der Waals surface area contributed by atoms with E-state index in [9.17, 15) is 10.2 Å². The van der Waals surface area contributed by atoms with Gasteiger partial charge < -0.3 is 10.2 Å². The van der Waals surface area contributed by atoms with E-state index in [4.69, 9.17) is 0 Å². The zero-order valence-electron chi connectivity index (χ0n) is 18.7. The molecule has 1 aliphatic rings. The minimum absolute atomic E-state index is 0.0565. The van der Waals surface area contributed by atoms with Crippen molar-refractivity contribution in [1.29, 1.82) is 0 Å². The molecule has 0 radical (unpaired) electrons. The molecule has 29 heavy (non-hydrogen) atoms. The molecular weight excluding hydrogens is 356 g/mol. The summed E-state index contributed by atoms with van der Waals surface area (Å²) in [5, 5.41) is 20.8. The molecule has 0 atom stereocenters. The van der Waals surface area contributed by atoms with E-state index in [0.717, 1.165) is 24.0 Å². The summed E-state index contributed by atoms with van der Waals surface area (Å²) in [6.45, 7) is 8.58. The molecule has 2 aromatic carbocycles. The van der Waals surface area contributed by atoms with Crippen LogP contribution in [-0.2, 0) is 5.41 Å². The number of rotatable bonds is 4. The Kier molecular flexibility index (Phi) is 6.93. The van der Waals surface area contributed by atoms with Crippen LogP contribution in [0.3, 0.4) is 0 Å². The number of aromatic hydroxyl groups is 2. The lowest BCUT2D eigenvalue weighted by Gasteiger charge is -2.37. The second-order valence-corrected chi connectivity index (χ2v) is 9.56. The minimum atomic E-state index is -0.0565. The molecule has 158 valence electrons. The molecule has 2 nitrogen and oxygen atoms in total. The van der Waals surface area contributed by atoms with Crippen molar-refractivity contribution in [3.63, 3.8) is 0 Å². The quantitative estimate of drug-likeness (QED) is 0.556. The lowest BCUT2D eigenvalue weighted by atomic mass is 9.67. The fraction of sp³-hybridized carbons (Fsp3) is 0.556. The van der Waals surface area contributed by atoms with Crippen LogP contribution in [0.2, 0.25) is 0 Å². The summed E-state index contributed by atoms with van der Waals surface area (Å²) in [5.41, 5.74) is 4.65. The lowest BCUT2D eigenvalue weighted by molar-refractivity contribution is 0.408. The van der Waals surface area contributed by atoms with Gasteiger partial charge in [0.05, 0.1) is 0 Å². The first-order valence-electron chi connectivity index (χ1n) is 11.5. The molecule has 0 heterocycles. The molecule has 2 heteroatoms. The Hall–Kier alpha value is -1.96. The average Bonchev–Trinajstić information content (AvgIpc) is 2.81. The van der Waals surface area contributed by atoms with E-state index in [2.05, 4.69) is 52.0 Å². The van der Waals surface area contributed by atoms with Gasteiger partial charge in [-0.05, 0) is 59.1 Å². The largest absolute Gasteiger partial charge is 0.508 e. The summed E-state index contributed by atoms with van der Waals surface area (Å²) in [5.74, 6) is 1.37. The normalized spacial score (nSPS) is 17.7. The molecular formula is C27H38O2. The Morgan fingerprint density at radius 2 is 1.00 bits per heavy atom. The van der Waals surface area contributed by atoms with Gasteiger partial charge in [-0.3, -0.25) is 0 Å². The molecule has 0 spiro atoms. The summed E-state index contributed by atoms with van der Waals surface area (Å²) in [4.78, 5) is 0. The summed E-state index contributed by atoms with van der Waals surface area (Å²) in [7, 11) is 0. The van der Waals surface area contributed by atoms with Gasteiger partial charge in [0.15, 0.2) is 0 Å². The molecule has 0 unspecified atom stereocenters. The monoisotopic (exact) mass is 394 g/mol. The van der Waals surface area contributed by atoms with Gasteiger partial charge in [0.1, 0.15) is 11.5 Å². The van der Waals surface area contributed by atoms with E-state index >= 15 is 0 Å². The van der Waals surface area contributed by atoms with E-state index in [1.807, 2.05) is 12.1 Å². The number of hydrogen-bond acceptors (Lipinski definition) is 2. The fourth-order valence-electron chi connectivity index (χ4n) is 5.06. The summed E-state index contributed by atoms with van der Waals surface area (Å²) in [6, 6.07) is 12.6. The van der Waals surface area contributed by atoms with Crippen molar-refractivity contribution < 1.29 is 10.2 Å². The van der Waals surface area contributed by atoms with Crippen LogP contribution >= 0.6 is 0 Å². The SMILES string of the molecule is CC(C)c1cc(C2(c3ccc(O)c(C(C)C)c3)CCCCCCCC2)ccc1O. The highest BCUT2D eigenvalue weighted by Gasteiger charge is 2.35. The van der Waals surface area contributed by atoms with E-state index in [1.54, 1.807) is 0 Å². The fourth-order valence-corrected chi connectivity index (χ4v) is 5.06. The summed E-state index contributed by atoms with van der Waals surface area (Å²) < 4.78 is 0. The Labute approximate surface area is 177 Å². The van der Waals surface area contributed by atoms with Gasteiger partial charge in [-0.15, -0.1) is 0 Å². The second-order valence-electron chi connectivity index (χ2n) is 9.56. The van der Waals surface area contributed by atoms with Gasteiger partial charge >= 0.3 is 0 Å². The van der Waals surface area contributed by atoms with E-state index in [1.165, 1.54) is 49.7 Å². The maximum Gasteiger partial charge on any atom is 0.119 e. The van der Waals surface area contributed by atoms with Crippen LogP contribution in [0.25, 0.3) is 0 Å². The van der Waals surface area contributed by atoms with Crippen LogP contribution in [0.1, 0.15) is 113 Å². The number of phenols is 2. The van der Waals surface area contributed by atoms with Gasteiger partial charge in [0.2, 0.25) is 0 Å². The molecule has 0 bridgehead atoms.